The molecular weight excluding hydrogens is 210 g/mol. The van der Waals surface area contributed by atoms with Crippen molar-refractivity contribution in [2.45, 2.75) is 10.3 Å². The van der Waals surface area contributed by atoms with Gasteiger partial charge in [0.25, 0.3) is 0 Å². The minimum absolute atomic E-state index is 0.0785. The van der Waals surface area contributed by atoms with Crippen molar-refractivity contribution in [1.29, 1.82) is 0 Å². The first kappa shape index (κ1) is 9.14. The summed E-state index contributed by atoms with van der Waals surface area (Å²) in [5, 5.41) is 1.74. The SMILES string of the molecule is O=S(=O)(NCC1CO1)c1cccs1. The maximum absolute atomic E-state index is 11.5. The zero-order chi connectivity index (χ0) is 9.31. The van der Waals surface area contributed by atoms with Crippen molar-refractivity contribution in [3.8, 4) is 0 Å². The summed E-state index contributed by atoms with van der Waals surface area (Å²) >= 11 is 1.21. The molecule has 0 spiro atoms. The summed E-state index contributed by atoms with van der Waals surface area (Å²) in [5.41, 5.74) is 0. The average molecular weight is 219 g/mol. The lowest BCUT2D eigenvalue weighted by molar-refractivity contribution is 0.406. The summed E-state index contributed by atoms with van der Waals surface area (Å²) in [6.45, 7) is 1.03. The van der Waals surface area contributed by atoms with Crippen molar-refractivity contribution >= 4 is 21.4 Å². The van der Waals surface area contributed by atoms with E-state index in [9.17, 15) is 8.42 Å². The molecule has 0 aromatic carbocycles. The van der Waals surface area contributed by atoms with Gasteiger partial charge in [-0.2, -0.15) is 0 Å². The Morgan fingerprint density at radius 2 is 2.46 bits per heavy atom. The van der Waals surface area contributed by atoms with E-state index in [1.807, 2.05) is 0 Å². The fraction of sp³-hybridized carbons (Fsp3) is 0.429. The van der Waals surface area contributed by atoms with E-state index in [2.05, 4.69) is 4.72 Å². The van der Waals surface area contributed by atoms with Crippen molar-refractivity contribution in [2.24, 2.45) is 0 Å². The summed E-state index contributed by atoms with van der Waals surface area (Å²) in [6, 6.07) is 3.30. The maximum atomic E-state index is 11.5. The van der Waals surface area contributed by atoms with Crippen LogP contribution in [-0.4, -0.2) is 27.7 Å². The Morgan fingerprint density at radius 3 is 3.00 bits per heavy atom. The van der Waals surface area contributed by atoms with Crippen LogP contribution in [0.25, 0.3) is 0 Å². The molecule has 1 aromatic rings. The van der Waals surface area contributed by atoms with Gasteiger partial charge >= 0.3 is 0 Å². The Morgan fingerprint density at radius 1 is 1.69 bits per heavy atom. The molecule has 0 bridgehead atoms. The van der Waals surface area contributed by atoms with Gasteiger partial charge in [-0.1, -0.05) is 6.07 Å². The molecule has 1 atom stereocenters. The van der Waals surface area contributed by atoms with Crippen molar-refractivity contribution in [3.05, 3.63) is 17.5 Å². The van der Waals surface area contributed by atoms with Gasteiger partial charge in [0, 0.05) is 6.54 Å². The zero-order valence-electron chi connectivity index (χ0n) is 6.76. The molecule has 6 heteroatoms. The molecule has 13 heavy (non-hydrogen) atoms. The molecule has 1 saturated heterocycles. The first-order valence-electron chi connectivity index (χ1n) is 3.83. The molecule has 72 valence electrons. The van der Waals surface area contributed by atoms with Crippen molar-refractivity contribution < 1.29 is 13.2 Å². The van der Waals surface area contributed by atoms with Crippen LogP contribution in [0, 0.1) is 0 Å². The van der Waals surface area contributed by atoms with Gasteiger partial charge in [-0.05, 0) is 11.4 Å². The standard InChI is InChI=1S/C7H9NO3S2/c9-13(10,7-2-1-3-12-7)8-4-6-5-11-6/h1-3,6,8H,4-5H2. The quantitative estimate of drug-likeness (QED) is 0.747. The number of ether oxygens (including phenoxy) is 1. The molecule has 1 aromatic heterocycles. The predicted octanol–water partition coefficient (Wildman–Crippen LogP) is 0.425. The van der Waals surface area contributed by atoms with Crippen LogP contribution in [0.5, 0.6) is 0 Å². The van der Waals surface area contributed by atoms with E-state index in [1.54, 1.807) is 17.5 Å². The van der Waals surface area contributed by atoms with Crippen LogP contribution in [0.4, 0.5) is 0 Å². The third-order valence-corrected chi connectivity index (χ3v) is 4.48. The molecule has 1 N–H and O–H groups in total. The summed E-state index contributed by atoms with van der Waals surface area (Å²) in [6.07, 6.45) is 0.0785. The van der Waals surface area contributed by atoms with Gasteiger partial charge in [-0.15, -0.1) is 11.3 Å². The number of thiophene rings is 1. The Hall–Kier alpha value is -0.430. The molecule has 1 unspecified atom stereocenters. The molecule has 0 saturated carbocycles. The molecule has 2 rings (SSSR count). The van der Waals surface area contributed by atoms with Crippen LogP contribution >= 0.6 is 11.3 Å². The second-order valence-electron chi connectivity index (χ2n) is 2.74. The molecule has 1 aliphatic heterocycles. The normalized spacial score (nSPS) is 21.7. The monoisotopic (exact) mass is 219 g/mol. The van der Waals surface area contributed by atoms with E-state index < -0.39 is 10.0 Å². The third kappa shape index (κ3) is 2.28. The number of nitrogens with one attached hydrogen (secondary N) is 1. The van der Waals surface area contributed by atoms with Crippen LogP contribution < -0.4 is 4.72 Å². The first-order valence-corrected chi connectivity index (χ1v) is 6.19. The van der Waals surface area contributed by atoms with E-state index in [0.717, 1.165) is 0 Å². The maximum Gasteiger partial charge on any atom is 0.250 e. The minimum atomic E-state index is -3.28. The third-order valence-electron chi connectivity index (χ3n) is 1.66. The fourth-order valence-electron chi connectivity index (χ4n) is 0.876. The van der Waals surface area contributed by atoms with Gasteiger partial charge in [0.15, 0.2) is 0 Å². The molecule has 4 nitrogen and oxygen atoms in total. The van der Waals surface area contributed by atoms with Crippen LogP contribution in [-0.2, 0) is 14.8 Å². The molecule has 1 aliphatic rings. The highest BCUT2D eigenvalue weighted by Crippen LogP contribution is 2.16. The number of epoxide rings is 1. The highest BCUT2D eigenvalue weighted by molar-refractivity contribution is 7.91. The van der Waals surface area contributed by atoms with E-state index >= 15 is 0 Å². The van der Waals surface area contributed by atoms with Crippen molar-refractivity contribution in [1.82, 2.24) is 4.72 Å². The number of rotatable bonds is 4. The van der Waals surface area contributed by atoms with Crippen LogP contribution in [0.3, 0.4) is 0 Å². The highest BCUT2D eigenvalue weighted by atomic mass is 32.2. The van der Waals surface area contributed by atoms with E-state index in [4.69, 9.17) is 4.74 Å². The highest BCUT2D eigenvalue weighted by Gasteiger charge is 2.25. The fourth-order valence-corrected chi connectivity index (χ4v) is 2.98. The summed E-state index contributed by atoms with van der Waals surface area (Å²) < 4.78 is 30.7. The molecule has 0 radical (unpaired) electrons. The average Bonchev–Trinajstić information content (AvgIpc) is 2.74. The Labute approximate surface area is 80.6 Å². The molecule has 0 amide bonds. The summed E-state index contributed by atoms with van der Waals surface area (Å²) in [4.78, 5) is 0. The van der Waals surface area contributed by atoms with Crippen LogP contribution in [0.1, 0.15) is 0 Å². The Bertz CT molecular complexity index is 366. The van der Waals surface area contributed by atoms with Crippen LogP contribution in [0.2, 0.25) is 0 Å². The molecule has 2 heterocycles. The smallest absolute Gasteiger partial charge is 0.250 e. The lowest BCUT2D eigenvalue weighted by Crippen LogP contribution is -2.26. The zero-order valence-corrected chi connectivity index (χ0v) is 8.40. The van der Waals surface area contributed by atoms with E-state index in [1.165, 1.54) is 11.3 Å². The largest absolute Gasteiger partial charge is 0.372 e. The lowest BCUT2D eigenvalue weighted by Gasteiger charge is -2.00. The van der Waals surface area contributed by atoms with E-state index in [-0.39, 0.29) is 6.10 Å². The minimum Gasteiger partial charge on any atom is -0.372 e. The number of hydrogen-bond donors (Lipinski definition) is 1. The topological polar surface area (TPSA) is 58.7 Å². The summed E-state index contributed by atoms with van der Waals surface area (Å²) in [7, 11) is -3.28. The second kappa shape index (κ2) is 3.38. The van der Waals surface area contributed by atoms with Gasteiger partial charge in [-0.25, -0.2) is 13.1 Å². The first-order chi connectivity index (χ1) is 6.18. The van der Waals surface area contributed by atoms with Gasteiger partial charge < -0.3 is 4.74 Å². The lowest BCUT2D eigenvalue weighted by atomic mass is 10.5. The molecular formula is C7H9NO3S2. The van der Waals surface area contributed by atoms with Crippen molar-refractivity contribution in [3.63, 3.8) is 0 Å². The van der Waals surface area contributed by atoms with Crippen molar-refractivity contribution in [2.75, 3.05) is 13.2 Å². The Balaban J connectivity index is 2.02. The predicted molar refractivity (Wildman–Crippen MR) is 49.2 cm³/mol. The van der Waals surface area contributed by atoms with Crippen LogP contribution in [0.15, 0.2) is 21.7 Å². The second-order valence-corrected chi connectivity index (χ2v) is 5.68. The number of sulfonamides is 1. The Kier molecular flexibility index (Phi) is 2.37. The summed E-state index contributed by atoms with van der Waals surface area (Å²) in [5.74, 6) is 0. The molecule has 0 aliphatic carbocycles. The van der Waals surface area contributed by atoms with Gasteiger partial charge in [0.2, 0.25) is 10.0 Å². The van der Waals surface area contributed by atoms with Gasteiger partial charge in [0.1, 0.15) is 4.21 Å². The van der Waals surface area contributed by atoms with Gasteiger partial charge in [0.05, 0.1) is 12.7 Å². The molecule has 1 fully saturated rings. The van der Waals surface area contributed by atoms with Gasteiger partial charge in [-0.3, -0.25) is 0 Å². The van der Waals surface area contributed by atoms with E-state index in [0.29, 0.717) is 17.4 Å². The number of hydrogen-bond acceptors (Lipinski definition) is 4.